The molecule has 6 aromatic rings. The first kappa shape index (κ1) is 42.1. The number of ether oxygens (including phenoxy) is 5. The Balaban J connectivity index is 1.27. The average molecular weight is 832 g/mol. The monoisotopic (exact) mass is 831 g/mol. The molecule has 1 N–H and O–H groups in total. The highest BCUT2D eigenvalue weighted by molar-refractivity contribution is 5.96. The number of hydrogen-bond donors (Lipinski definition) is 1. The molecule has 0 atom stereocenters. The van der Waals surface area contributed by atoms with E-state index < -0.39 is 51.5 Å². The molecule has 17 heteroatoms. The van der Waals surface area contributed by atoms with Crippen molar-refractivity contribution in [3.05, 3.63) is 182 Å². The van der Waals surface area contributed by atoms with Crippen LogP contribution in [0.25, 0.3) is 0 Å². The lowest BCUT2D eigenvalue weighted by molar-refractivity contribution is -0.385. The fourth-order valence-corrected chi connectivity index (χ4v) is 5.49. The highest BCUT2D eigenvalue weighted by Crippen LogP contribution is 2.42. The smallest absolute Gasteiger partial charge is 0.416 e. The van der Waals surface area contributed by atoms with Gasteiger partial charge in [-0.25, -0.2) is 18.6 Å². The van der Waals surface area contributed by atoms with Gasteiger partial charge in [0.1, 0.15) is 37.3 Å². The molecule has 11 nitrogen and oxygen atoms in total. The number of amides is 1. The second-order valence-electron chi connectivity index (χ2n) is 12.6. The molecule has 308 valence electrons. The minimum absolute atomic E-state index is 0.0127. The van der Waals surface area contributed by atoms with E-state index in [2.05, 4.69) is 10.5 Å². The lowest BCUT2D eigenvalue weighted by Crippen LogP contribution is -2.18. The average Bonchev–Trinajstić information content (AvgIpc) is 3.23. The molecule has 0 bridgehead atoms. The van der Waals surface area contributed by atoms with Gasteiger partial charge in [0.2, 0.25) is 11.5 Å². The summed E-state index contributed by atoms with van der Waals surface area (Å²) < 4.78 is 112. The van der Waals surface area contributed by atoms with Crippen molar-refractivity contribution >= 4 is 17.8 Å². The van der Waals surface area contributed by atoms with E-state index in [0.29, 0.717) is 17.7 Å². The van der Waals surface area contributed by atoms with Crippen molar-refractivity contribution in [3.63, 3.8) is 0 Å². The summed E-state index contributed by atoms with van der Waals surface area (Å²) in [6.45, 7) is -0.970. The normalized spacial score (nSPS) is 11.2. The van der Waals surface area contributed by atoms with Crippen LogP contribution in [0.2, 0.25) is 0 Å². The Morgan fingerprint density at radius 1 is 0.683 bits per heavy atom. The molecular weight excluding hydrogens is 800 g/mol. The van der Waals surface area contributed by atoms with E-state index in [4.69, 9.17) is 23.7 Å². The molecular formula is C43H31F6N3O8. The zero-order valence-electron chi connectivity index (χ0n) is 31.2. The predicted molar refractivity (Wildman–Crippen MR) is 205 cm³/mol. The maximum absolute atomic E-state index is 14.6. The third kappa shape index (κ3) is 10.5. The third-order valence-electron chi connectivity index (χ3n) is 8.57. The van der Waals surface area contributed by atoms with Crippen LogP contribution >= 0.6 is 0 Å². The van der Waals surface area contributed by atoms with Crippen molar-refractivity contribution < 1.29 is 59.7 Å². The highest BCUT2D eigenvalue weighted by atomic mass is 19.4. The zero-order valence-corrected chi connectivity index (χ0v) is 31.2. The number of hydrogen-bond acceptors (Lipinski definition) is 9. The summed E-state index contributed by atoms with van der Waals surface area (Å²) in [6, 6.07) is 26.0. The van der Waals surface area contributed by atoms with E-state index in [0.717, 1.165) is 6.07 Å². The van der Waals surface area contributed by atoms with Crippen LogP contribution in [0.15, 0.2) is 126 Å². The summed E-state index contributed by atoms with van der Waals surface area (Å²) in [5, 5.41) is 15.5. The highest BCUT2D eigenvalue weighted by Gasteiger charge is 2.33. The molecule has 0 aliphatic heterocycles. The molecule has 6 rings (SSSR count). The number of nitro groups is 1. The molecule has 0 aromatic heterocycles. The minimum atomic E-state index is -4.82. The number of halogens is 6. The minimum Gasteiger partial charge on any atom is -0.493 e. The van der Waals surface area contributed by atoms with Crippen LogP contribution in [-0.4, -0.2) is 24.2 Å². The molecule has 60 heavy (non-hydrogen) atoms. The molecule has 0 heterocycles. The Kier molecular flexibility index (Phi) is 13.2. The maximum Gasteiger partial charge on any atom is 0.416 e. The van der Waals surface area contributed by atoms with Crippen LogP contribution in [0.3, 0.4) is 0 Å². The van der Waals surface area contributed by atoms with Crippen LogP contribution in [0.1, 0.15) is 38.2 Å². The van der Waals surface area contributed by atoms with Crippen LogP contribution in [0, 0.1) is 27.6 Å². The molecule has 6 aromatic carbocycles. The summed E-state index contributed by atoms with van der Waals surface area (Å²) in [4.78, 5) is 24.1. The van der Waals surface area contributed by atoms with E-state index in [1.165, 1.54) is 98.3 Å². The van der Waals surface area contributed by atoms with E-state index in [1.807, 2.05) is 0 Å². The second kappa shape index (κ2) is 18.8. The van der Waals surface area contributed by atoms with Gasteiger partial charge in [0.25, 0.3) is 5.91 Å². The number of alkyl halides is 3. The molecule has 0 spiro atoms. The van der Waals surface area contributed by atoms with Crippen molar-refractivity contribution in [1.29, 1.82) is 0 Å². The molecule has 0 fully saturated rings. The number of nitrogens with zero attached hydrogens (tertiary/aromatic N) is 2. The number of carbonyl (C=O) groups excluding carboxylic acids is 1. The first-order chi connectivity index (χ1) is 28.8. The summed E-state index contributed by atoms with van der Waals surface area (Å²) in [5.74, 6) is -3.35. The van der Waals surface area contributed by atoms with Gasteiger partial charge in [0, 0.05) is 28.3 Å². The molecule has 0 aliphatic carbocycles. The number of rotatable bonds is 16. The fraction of sp³-hybridized carbons (Fsp3) is 0.116. The van der Waals surface area contributed by atoms with E-state index in [9.17, 15) is 41.3 Å². The Labute approximate surface area is 337 Å². The zero-order chi connectivity index (χ0) is 42.8. The van der Waals surface area contributed by atoms with Gasteiger partial charge in [0.15, 0.2) is 23.0 Å². The Morgan fingerprint density at radius 3 is 1.70 bits per heavy atom. The number of nitrogens with one attached hydrogen (secondary N) is 1. The number of carbonyl (C=O) groups is 1. The third-order valence-corrected chi connectivity index (χ3v) is 8.57. The molecule has 0 saturated carbocycles. The summed E-state index contributed by atoms with van der Waals surface area (Å²) in [5.41, 5.74) is 0.912. The molecule has 0 aliphatic rings. The first-order valence-electron chi connectivity index (χ1n) is 17.6. The van der Waals surface area contributed by atoms with Gasteiger partial charge < -0.3 is 23.7 Å². The van der Waals surface area contributed by atoms with E-state index in [-0.39, 0.29) is 70.8 Å². The molecule has 0 saturated heterocycles. The summed E-state index contributed by atoms with van der Waals surface area (Å²) in [6.07, 6.45) is -3.61. The largest absolute Gasteiger partial charge is 0.493 e. The topological polar surface area (TPSA) is 131 Å². The van der Waals surface area contributed by atoms with Crippen LogP contribution in [0.4, 0.5) is 32.0 Å². The van der Waals surface area contributed by atoms with Gasteiger partial charge in [-0.3, -0.25) is 14.9 Å². The van der Waals surface area contributed by atoms with Gasteiger partial charge in [-0.1, -0.05) is 54.6 Å². The number of benzene rings is 6. The van der Waals surface area contributed by atoms with Crippen LogP contribution in [0.5, 0.6) is 34.5 Å². The standard InChI is InChI=1S/C43H31F6N3O8/c1-56-38-18-26(14-16-37(38)60-36-17-15-31(43(47,48)49)21-35(36)52(54)55)22-50-51-42(53)30-19-39(57-23-27-8-2-5-11-32(27)44)41(59-25-29-10-4-7-13-34(29)46)40(20-30)58-24-28-9-3-6-12-33(28)45/h2-22H,23-25H2,1H3,(H,51,53)/b50-22+. The number of hydrazone groups is 1. The predicted octanol–water partition coefficient (Wildman–Crippen LogP) is 10.3. The van der Waals surface area contributed by atoms with Gasteiger partial charge in [0.05, 0.1) is 23.8 Å². The fourth-order valence-electron chi connectivity index (χ4n) is 5.49. The second-order valence-corrected chi connectivity index (χ2v) is 12.6. The Morgan fingerprint density at radius 2 is 1.20 bits per heavy atom. The maximum atomic E-state index is 14.6. The Bertz CT molecular complexity index is 2480. The molecule has 0 radical (unpaired) electrons. The van der Waals surface area contributed by atoms with Gasteiger partial charge in [-0.05, 0) is 66.2 Å². The van der Waals surface area contributed by atoms with Crippen molar-refractivity contribution in [2.45, 2.75) is 26.0 Å². The van der Waals surface area contributed by atoms with Crippen molar-refractivity contribution in [2.75, 3.05) is 7.11 Å². The molecule has 1 amide bonds. The van der Waals surface area contributed by atoms with Crippen LogP contribution in [-0.2, 0) is 26.0 Å². The molecule has 0 unspecified atom stereocenters. The number of methoxy groups -OCH3 is 1. The first-order valence-corrected chi connectivity index (χ1v) is 17.6. The van der Waals surface area contributed by atoms with E-state index >= 15 is 0 Å². The van der Waals surface area contributed by atoms with Gasteiger partial charge >= 0.3 is 11.9 Å². The lowest BCUT2D eigenvalue weighted by atomic mass is 10.1. The summed E-state index contributed by atoms with van der Waals surface area (Å²) >= 11 is 0. The lowest BCUT2D eigenvalue weighted by Gasteiger charge is -2.19. The van der Waals surface area contributed by atoms with Crippen molar-refractivity contribution in [3.8, 4) is 34.5 Å². The van der Waals surface area contributed by atoms with Crippen molar-refractivity contribution in [2.24, 2.45) is 5.10 Å². The van der Waals surface area contributed by atoms with E-state index in [1.54, 1.807) is 18.2 Å². The number of nitro benzene ring substituents is 1. The van der Waals surface area contributed by atoms with Crippen molar-refractivity contribution in [1.82, 2.24) is 5.43 Å². The quantitative estimate of drug-likeness (QED) is 0.0442. The van der Waals surface area contributed by atoms with Crippen LogP contribution < -0.4 is 29.1 Å². The SMILES string of the molecule is COc1cc(/C=N/NC(=O)c2cc(OCc3ccccc3F)c(OCc3ccccc3F)c(OCc3ccccc3F)c2)ccc1Oc1ccc(C(F)(F)F)cc1[N+](=O)[O-]. The Hall–Kier alpha value is -7.56. The summed E-state index contributed by atoms with van der Waals surface area (Å²) in [7, 11) is 1.26. The van der Waals surface area contributed by atoms with Gasteiger partial charge in [-0.15, -0.1) is 0 Å². The van der Waals surface area contributed by atoms with Gasteiger partial charge in [-0.2, -0.15) is 18.3 Å².